The van der Waals surface area contributed by atoms with Gasteiger partial charge in [0.1, 0.15) is 0 Å². The van der Waals surface area contributed by atoms with Crippen LogP contribution in [0.5, 0.6) is 11.5 Å². The minimum Gasteiger partial charge on any atom is -0.504 e. The summed E-state index contributed by atoms with van der Waals surface area (Å²) in [5.41, 5.74) is 1.53. The molecule has 1 aromatic rings. The van der Waals surface area contributed by atoms with E-state index in [0.717, 1.165) is 10.0 Å². The third-order valence-corrected chi connectivity index (χ3v) is 3.06. The number of phenolic OH excluding ortho intramolecular Hbond substituents is 1. The van der Waals surface area contributed by atoms with E-state index in [0.29, 0.717) is 17.7 Å². The Morgan fingerprint density at radius 2 is 2.13 bits per heavy atom. The van der Waals surface area contributed by atoms with Gasteiger partial charge in [0.15, 0.2) is 11.5 Å². The minimum absolute atomic E-state index is 0.110. The molecule has 1 rings (SSSR count). The van der Waals surface area contributed by atoms with E-state index in [9.17, 15) is 10.2 Å². The Morgan fingerprint density at radius 1 is 1.53 bits per heavy atom. The van der Waals surface area contributed by atoms with E-state index in [4.69, 9.17) is 4.74 Å². The van der Waals surface area contributed by atoms with E-state index in [1.165, 1.54) is 7.11 Å². The third kappa shape index (κ3) is 2.63. The van der Waals surface area contributed by atoms with E-state index in [1.807, 2.05) is 6.92 Å². The van der Waals surface area contributed by atoms with Gasteiger partial charge < -0.3 is 14.9 Å². The molecular weight excluding hydrogens is 260 g/mol. The Morgan fingerprint density at radius 3 is 2.60 bits per heavy atom. The fraction of sp³-hybridized carbons (Fsp3) is 0.455. The van der Waals surface area contributed by atoms with E-state index >= 15 is 0 Å². The van der Waals surface area contributed by atoms with Crippen LogP contribution in [0.25, 0.3) is 0 Å². The number of phenols is 1. The Labute approximate surface area is 97.8 Å². The molecule has 0 saturated heterocycles. The standard InChI is InChI=1S/C11H15BrO3/c1-6(13)4-8-5-9(12)7(2)11(15-3)10(8)14/h5-6,13-14H,4H2,1-3H3. The zero-order valence-corrected chi connectivity index (χ0v) is 10.6. The highest BCUT2D eigenvalue weighted by Gasteiger charge is 2.15. The number of halogens is 1. The summed E-state index contributed by atoms with van der Waals surface area (Å²) in [6.45, 7) is 3.54. The summed E-state index contributed by atoms with van der Waals surface area (Å²) in [5, 5.41) is 19.2. The maximum Gasteiger partial charge on any atom is 0.164 e. The first-order valence-corrected chi connectivity index (χ1v) is 5.49. The number of aliphatic hydroxyl groups is 1. The molecule has 0 radical (unpaired) electrons. The number of rotatable bonds is 3. The van der Waals surface area contributed by atoms with Gasteiger partial charge in [-0.15, -0.1) is 0 Å². The number of aromatic hydroxyl groups is 1. The second-order valence-corrected chi connectivity index (χ2v) is 4.43. The highest BCUT2D eigenvalue weighted by atomic mass is 79.9. The molecule has 0 spiro atoms. The highest BCUT2D eigenvalue weighted by molar-refractivity contribution is 9.10. The second kappa shape index (κ2) is 4.86. The first-order valence-electron chi connectivity index (χ1n) is 4.70. The quantitative estimate of drug-likeness (QED) is 0.890. The monoisotopic (exact) mass is 274 g/mol. The Bertz CT molecular complexity index is 361. The van der Waals surface area contributed by atoms with Crippen molar-refractivity contribution in [1.82, 2.24) is 0 Å². The number of benzene rings is 1. The predicted molar refractivity (Wildman–Crippen MR) is 62.5 cm³/mol. The highest BCUT2D eigenvalue weighted by Crippen LogP contribution is 2.38. The molecule has 4 heteroatoms. The van der Waals surface area contributed by atoms with Gasteiger partial charge in [0.05, 0.1) is 13.2 Å². The van der Waals surface area contributed by atoms with Crippen molar-refractivity contribution >= 4 is 15.9 Å². The molecule has 0 aliphatic rings. The van der Waals surface area contributed by atoms with Crippen LogP contribution in [-0.2, 0) is 6.42 Å². The maximum atomic E-state index is 9.89. The summed E-state index contributed by atoms with van der Waals surface area (Å²) >= 11 is 3.39. The zero-order valence-electron chi connectivity index (χ0n) is 9.04. The largest absolute Gasteiger partial charge is 0.504 e. The average Bonchev–Trinajstić information content (AvgIpc) is 2.14. The molecular formula is C11H15BrO3. The van der Waals surface area contributed by atoms with Gasteiger partial charge in [-0.05, 0) is 19.9 Å². The third-order valence-electron chi connectivity index (χ3n) is 2.24. The van der Waals surface area contributed by atoms with Crippen molar-refractivity contribution in [1.29, 1.82) is 0 Å². The molecule has 0 heterocycles. The number of hydrogen-bond donors (Lipinski definition) is 2. The van der Waals surface area contributed by atoms with Gasteiger partial charge in [0, 0.05) is 22.0 Å². The van der Waals surface area contributed by atoms with Crippen molar-refractivity contribution in [3.05, 3.63) is 21.7 Å². The summed E-state index contributed by atoms with van der Waals surface area (Å²) in [6.07, 6.45) is -0.0867. The van der Waals surface area contributed by atoms with E-state index in [2.05, 4.69) is 15.9 Å². The lowest BCUT2D eigenvalue weighted by Crippen LogP contribution is -2.05. The van der Waals surface area contributed by atoms with Crippen molar-refractivity contribution in [3.63, 3.8) is 0 Å². The van der Waals surface area contributed by atoms with Crippen LogP contribution >= 0.6 is 15.9 Å². The van der Waals surface area contributed by atoms with Crippen molar-refractivity contribution < 1.29 is 14.9 Å². The summed E-state index contributed by atoms with van der Waals surface area (Å²) in [4.78, 5) is 0. The van der Waals surface area contributed by atoms with Crippen LogP contribution in [0, 0.1) is 6.92 Å². The first-order chi connectivity index (χ1) is 6.97. The van der Waals surface area contributed by atoms with Gasteiger partial charge >= 0.3 is 0 Å². The fourth-order valence-electron chi connectivity index (χ4n) is 1.49. The molecule has 15 heavy (non-hydrogen) atoms. The van der Waals surface area contributed by atoms with Gasteiger partial charge in [-0.2, -0.15) is 0 Å². The van der Waals surface area contributed by atoms with Crippen molar-refractivity contribution in [2.45, 2.75) is 26.4 Å². The molecule has 0 amide bonds. The molecule has 0 aliphatic carbocycles. The lowest BCUT2D eigenvalue weighted by atomic mass is 10.0. The minimum atomic E-state index is -0.491. The molecule has 0 saturated carbocycles. The Balaban J connectivity index is 3.24. The molecule has 1 aromatic carbocycles. The summed E-state index contributed by atoms with van der Waals surface area (Å²) < 4.78 is 5.99. The molecule has 3 nitrogen and oxygen atoms in total. The van der Waals surface area contributed by atoms with Crippen LogP contribution in [-0.4, -0.2) is 23.4 Å². The zero-order chi connectivity index (χ0) is 11.6. The van der Waals surface area contributed by atoms with Crippen LogP contribution in [0.3, 0.4) is 0 Å². The predicted octanol–water partition coefficient (Wildman–Crippen LogP) is 2.40. The van der Waals surface area contributed by atoms with Crippen LogP contribution in [0.2, 0.25) is 0 Å². The van der Waals surface area contributed by atoms with Gasteiger partial charge in [0.2, 0.25) is 0 Å². The Kier molecular flexibility index (Phi) is 3.99. The molecule has 1 unspecified atom stereocenters. The lowest BCUT2D eigenvalue weighted by Gasteiger charge is -2.14. The number of aliphatic hydroxyl groups excluding tert-OH is 1. The fourth-order valence-corrected chi connectivity index (χ4v) is 1.94. The van der Waals surface area contributed by atoms with Gasteiger partial charge in [-0.3, -0.25) is 0 Å². The lowest BCUT2D eigenvalue weighted by molar-refractivity contribution is 0.194. The molecule has 0 aliphatic heterocycles. The topological polar surface area (TPSA) is 49.7 Å². The summed E-state index contributed by atoms with van der Waals surface area (Å²) in [5.74, 6) is 0.569. The number of ether oxygens (including phenoxy) is 1. The van der Waals surface area contributed by atoms with Crippen molar-refractivity contribution in [2.75, 3.05) is 7.11 Å². The smallest absolute Gasteiger partial charge is 0.164 e. The summed E-state index contributed by atoms with van der Waals surface area (Å²) in [7, 11) is 1.51. The maximum absolute atomic E-state index is 9.89. The molecule has 2 N–H and O–H groups in total. The van der Waals surface area contributed by atoms with E-state index in [-0.39, 0.29) is 5.75 Å². The van der Waals surface area contributed by atoms with Gasteiger partial charge in [-0.25, -0.2) is 0 Å². The first kappa shape index (κ1) is 12.3. The molecule has 1 atom stereocenters. The summed E-state index contributed by atoms with van der Waals surface area (Å²) in [6, 6.07) is 1.81. The number of methoxy groups -OCH3 is 1. The van der Waals surface area contributed by atoms with E-state index in [1.54, 1.807) is 13.0 Å². The van der Waals surface area contributed by atoms with E-state index < -0.39 is 6.10 Å². The van der Waals surface area contributed by atoms with Crippen LogP contribution in [0.15, 0.2) is 10.5 Å². The Hall–Kier alpha value is -0.740. The van der Waals surface area contributed by atoms with Gasteiger partial charge in [0.25, 0.3) is 0 Å². The second-order valence-electron chi connectivity index (χ2n) is 3.58. The SMILES string of the molecule is COc1c(C)c(Br)cc(CC(C)O)c1O. The molecule has 84 valence electrons. The van der Waals surface area contributed by atoms with Gasteiger partial charge in [-0.1, -0.05) is 15.9 Å². The molecule has 0 aromatic heterocycles. The normalized spacial score (nSPS) is 12.6. The van der Waals surface area contributed by atoms with Crippen LogP contribution in [0.1, 0.15) is 18.1 Å². The van der Waals surface area contributed by atoms with Crippen LogP contribution < -0.4 is 4.74 Å². The van der Waals surface area contributed by atoms with Crippen molar-refractivity contribution in [3.8, 4) is 11.5 Å². The van der Waals surface area contributed by atoms with Crippen molar-refractivity contribution in [2.24, 2.45) is 0 Å². The number of hydrogen-bond acceptors (Lipinski definition) is 3. The molecule has 0 fully saturated rings. The average molecular weight is 275 g/mol. The van der Waals surface area contributed by atoms with Crippen LogP contribution in [0.4, 0.5) is 0 Å². The molecule has 0 bridgehead atoms.